The lowest BCUT2D eigenvalue weighted by Gasteiger charge is -2.20. The first-order valence-corrected chi connectivity index (χ1v) is 5.40. The van der Waals surface area contributed by atoms with E-state index in [2.05, 4.69) is 25.6 Å². The summed E-state index contributed by atoms with van der Waals surface area (Å²) in [6, 6.07) is 0.0984. The van der Waals surface area contributed by atoms with Crippen LogP contribution in [0.15, 0.2) is 0 Å². The highest BCUT2D eigenvalue weighted by atomic mass is 16.5. The zero-order valence-corrected chi connectivity index (χ0v) is 10.9. The predicted octanol–water partition coefficient (Wildman–Crippen LogP) is -0.211. The Morgan fingerprint density at radius 3 is 2.56 bits per heavy atom. The summed E-state index contributed by atoms with van der Waals surface area (Å²) in [5.41, 5.74) is 5.18. The molecule has 0 unspecified atom stereocenters. The molecule has 1 heterocycles. The van der Waals surface area contributed by atoms with Gasteiger partial charge in [-0.1, -0.05) is 0 Å². The Morgan fingerprint density at radius 1 is 1.33 bits per heavy atom. The van der Waals surface area contributed by atoms with Crippen LogP contribution >= 0.6 is 0 Å². The monoisotopic (exact) mass is 254 g/mol. The van der Waals surface area contributed by atoms with Crippen molar-refractivity contribution in [3.05, 3.63) is 0 Å². The van der Waals surface area contributed by atoms with E-state index in [9.17, 15) is 4.79 Å². The Kier molecular flexibility index (Phi) is 4.24. The van der Waals surface area contributed by atoms with Crippen molar-refractivity contribution in [2.24, 2.45) is 0 Å². The number of nitrogen functional groups attached to an aromatic ring is 1. The summed E-state index contributed by atoms with van der Waals surface area (Å²) in [6.45, 7) is 5.74. The van der Waals surface area contributed by atoms with Gasteiger partial charge in [0.25, 0.3) is 0 Å². The van der Waals surface area contributed by atoms with Gasteiger partial charge in [0.2, 0.25) is 17.8 Å². The highest BCUT2D eigenvalue weighted by molar-refractivity contribution is 5.80. The number of carbonyl (C=O) groups is 1. The maximum Gasteiger partial charge on any atom is 0.322 e. The van der Waals surface area contributed by atoms with Gasteiger partial charge in [-0.25, -0.2) is 0 Å². The fraction of sp³-hybridized carbons (Fsp3) is 0.600. The maximum atomic E-state index is 11.6. The summed E-state index contributed by atoms with van der Waals surface area (Å²) in [5, 5.41) is 5.55. The minimum Gasteiger partial charge on any atom is -0.467 e. The van der Waals surface area contributed by atoms with E-state index in [0.717, 1.165) is 0 Å². The number of nitrogens with two attached hydrogens (primary N) is 1. The van der Waals surface area contributed by atoms with Crippen LogP contribution in [0.5, 0.6) is 6.01 Å². The quantitative estimate of drug-likeness (QED) is 0.680. The fourth-order valence-corrected chi connectivity index (χ4v) is 1.16. The SMILES string of the molecule is COc1nc(N)nc(NCC(=O)NC(C)(C)C)n1. The van der Waals surface area contributed by atoms with Crippen molar-refractivity contribution >= 4 is 17.8 Å². The average Bonchev–Trinajstić information content (AvgIpc) is 2.23. The van der Waals surface area contributed by atoms with E-state index < -0.39 is 0 Å². The molecule has 4 N–H and O–H groups in total. The zero-order chi connectivity index (χ0) is 13.8. The van der Waals surface area contributed by atoms with Gasteiger partial charge < -0.3 is 21.1 Å². The minimum atomic E-state index is -0.283. The van der Waals surface area contributed by atoms with Crippen molar-refractivity contribution < 1.29 is 9.53 Å². The number of carbonyl (C=O) groups excluding carboxylic acids is 1. The topological polar surface area (TPSA) is 115 Å². The second kappa shape index (κ2) is 5.48. The van der Waals surface area contributed by atoms with Gasteiger partial charge in [-0.2, -0.15) is 15.0 Å². The molecule has 0 saturated heterocycles. The first-order valence-electron chi connectivity index (χ1n) is 5.40. The molecule has 8 heteroatoms. The third-order valence-electron chi connectivity index (χ3n) is 1.74. The van der Waals surface area contributed by atoms with Gasteiger partial charge in [-0.3, -0.25) is 4.79 Å². The van der Waals surface area contributed by atoms with E-state index >= 15 is 0 Å². The van der Waals surface area contributed by atoms with Gasteiger partial charge in [-0.05, 0) is 20.8 Å². The van der Waals surface area contributed by atoms with Crippen molar-refractivity contribution in [2.75, 3.05) is 24.7 Å². The first-order chi connectivity index (χ1) is 8.30. The third-order valence-corrected chi connectivity index (χ3v) is 1.74. The number of aromatic nitrogens is 3. The van der Waals surface area contributed by atoms with Crippen molar-refractivity contribution in [1.82, 2.24) is 20.3 Å². The van der Waals surface area contributed by atoms with Crippen LogP contribution in [-0.4, -0.2) is 40.1 Å². The van der Waals surface area contributed by atoms with Gasteiger partial charge in [-0.15, -0.1) is 0 Å². The van der Waals surface area contributed by atoms with Crippen molar-refractivity contribution in [3.8, 4) is 6.01 Å². The molecule has 0 atom stereocenters. The largest absolute Gasteiger partial charge is 0.467 e. The summed E-state index contributed by atoms with van der Waals surface area (Å²) in [4.78, 5) is 23.0. The summed E-state index contributed by atoms with van der Waals surface area (Å²) in [7, 11) is 1.42. The predicted molar refractivity (Wildman–Crippen MR) is 67.2 cm³/mol. The molecule has 0 spiro atoms. The van der Waals surface area contributed by atoms with E-state index in [1.54, 1.807) is 0 Å². The molecule has 18 heavy (non-hydrogen) atoms. The summed E-state index contributed by atoms with van der Waals surface area (Å²) < 4.78 is 4.84. The molecule has 1 rings (SSSR count). The maximum absolute atomic E-state index is 11.6. The summed E-state index contributed by atoms with van der Waals surface area (Å²) in [5.74, 6) is 0.0597. The number of rotatable bonds is 4. The molecule has 0 bridgehead atoms. The number of hydrogen-bond acceptors (Lipinski definition) is 7. The average molecular weight is 254 g/mol. The molecule has 100 valence electrons. The van der Waals surface area contributed by atoms with Crippen molar-refractivity contribution in [1.29, 1.82) is 0 Å². The lowest BCUT2D eigenvalue weighted by Crippen LogP contribution is -2.43. The van der Waals surface area contributed by atoms with Crippen LogP contribution in [-0.2, 0) is 4.79 Å². The van der Waals surface area contributed by atoms with Crippen molar-refractivity contribution in [2.45, 2.75) is 26.3 Å². The van der Waals surface area contributed by atoms with E-state index in [1.165, 1.54) is 7.11 Å². The molecule has 0 aliphatic rings. The van der Waals surface area contributed by atoms with E-state index in [1.807, 2.05) is 20.8 Å². The number of methoxy groups -OCH3 is 1. The Balaban J connectivity index is 2.58. The summed E-state index contributed by atoms with van der Waals surface area (Å²) >= 11 is 0. The van der Waals surface area contributed by atoms with Crippen LogP contribution in [0.25, 0.3) is 0 Å². The van der Waals surface area contributed by atoms with Gasteiger partial charge in [0.1, 0.15) is 0 Å². The molecule has 8 nitrogen and oxygen atoms in total. The van der Waals surface area contributed by atoms with Gasteiger partial charge >= 0.3 is 6.01 Å². The Hall–Kier alpha value is -2.12. The minimum absolute atomic E-state index is 0.0283. The number of nitrogens with one attached hydrogen (secondary N) is 2. The zero-order valence-electron chi connectivity index (χ0n) is 10.9. The van der Waals surface area contributed by atoms with Crippen LogP contribution in [0, 0.1) is 0 Å². The standard InChI is InChI=1S/C10H18N6O2/c1-10(2,3)16-6(17)5-12-8-13-7(11)14-9(15-8)18-4/h5H2,1-4H3,(H,16,17)(H3,11,12,13,14,15). The second-order valence-corrected chi connectivity index (χ2v) is 4.66. The fourth-order valence-electron chi connectivity index (χ4n) is 1.16. The first kappa shape index (κ1) is 13.9. The van der Waals surface area contributed by atoms with Crippen LogP contribution in [0.3, 0.4) is 0 Å². The Labute approximate surface area is 105 Å². The van der Waals surface area contributed by atoms with E-state index in [0.29, 0.717) is 0 Å². The molecule has 0 saturated carbocycles. The van der Waals surface area contributed by atoms with Crippen LogP contribution in [0.2, 0.25) is 0 Å². The highest BCUT2D eigenvalue weighted by Crippen LogP contribution is 2.07. The highest BCUT2D eigenvalue weighted by Gasteiger charge is 2.14. The number of ether oxygens (including phenoxy) is 1. The molecule has 1 aromatic rings. The Bertz CT molecular complexity index is 429. The molecule has 0 radical (unpaired) electrons. The molecular formula is C10H18N6O2. The molecule has 1 amide bonds. The molecule has 1 aromatic heterocycles. The molecule has 0 aliphatic carbocycles. The number of nitrogens with zero attached hydrogens (tertiary/aromatic N) is 3. The molecular weight excluding hydrogens is 236 g/mol. The summed E-state index contributed by atoms with van der Waals surface area (Å²) in [6.07, 6.45) is 0. The lowest BCUT2D eigenvalue weighted by molar-refractivity contribution is -0.120. The normalized spacial score (nSPS) is 10.9. The van der Waals surface area contributed by atoms with Gasteiger partial charge in [0.05, 0.1) is 13.7 Å². The lowest BCUT2D eigenvalue weighted by atomic mass is 10.1. The van der Waals surface area contributed by atoms with E-state index in [-0.39, 0.29) is 35.9 Å². The number of hydrogen-bond donors (Lipinski definition) is 3. The van der Waals surface area contributed by atoms with Crippen LogP contribution in [0.4, 0.5) is 11.9 Å². The Morgan fingerprint density at radius 2 is 2.00 bits per heavy atom. The second-order valence-electron chi connectivity index (χ2n) is 4.66. The van der Waals surface area contributed by atoms with Gasteiger partial charge in [0.15, 0.2) is 0 Å². The molecule has 0 aliphatic heterocycles. The molecule has 0 fully saturated rings. The number of anilines is 2. The van der Waals surface area contributed by atoms with Crippen molar-refractivity contribution in [3.63, 3.8) is 0 Å². The third kappa shape index (κ3) is 4.81. The van der Waals surface area contributed by atoms with Crippen LogP contribution in [0.1, 0.15) is 20.8 Å². The molecule has 0 aromatic carbocycles. The number of amides is 1. The van der Waals surface area contributed by atoms with Gasteiger partial charge in [0, 0.05) is 5.54 Å². The van der Waals surface area contributed by atoms with Crippen LogP contribution < -0.4 is 21.1 Å². The smallest absolute Gasteiger partial charge is 0.322 e. The van der Waals surface area contributed by atoms with E-state index in [4.69, 9.17) is 10.5 Å².